The Morgan fingerprint density at radius 3 is 2.32 bits per heavy atom. The Bertz CT molecular complexity index is 410. The van der Waals surface area contributed by atoms with Gasteiger partial charge >= 0.3 is 6.09 Å². The third-order valence-electron chi connectivity index (χ3n) is 5.02. The number of hydrogen-bond acceptors (Lipinski definition) is 4. The summed E-state index contributed by atoms with van der Waals surface area (Å²) in [5, 5.41) is 13.6. The summed E-state index contributed by atoms with van der Waals surface area (Å²) < 4.78 is 5.36. The van der Waals surface area contributed by atoms with Crippen LogP contribution in [0.15, 0.2) is 0 Å². The molecule has 1 saturated carbocycles. The Balaban J connectivity index is 2.74. The molecule has 1 fully saturated rings. The van der Waals surface area contributed by atoms with Crippen molar-refractivity contribution in [2.75, 3.05) is 0 Å². The number of aliphatic hydroxyl groups is 1. The van der Waals surface area contributed by atoms with Gasteiger partial charge in [0.2, 0.25) is 0 Å². The first-order valence-corrected chi connectivity index (χ1v) is 9.75. The normalized spacial score (nSPS) is 20.0. The molecular formula is C20H37NO4. The molecule has 0 aromatic carbocycles. The quantitative estimate of drug-likeness (QED) is 0.644. The van der Waals surface area contributed by atoms with E-state index in [2.05, 4.69) is 5.32 Å². The van der Waals surface area contributed by atoms with Crippen LogP contribution in [0, 0.1) is 17.8 Å². The minimum atomic E-state index is -0.743. The molecule has 0 saturated heterocycles. The predicted molar refractivity (Wildman–Crippen MR) is 99.4 cm³/mol. The minimum absolute atomic E-state index is 0.170. The first-order valence-electron chi connectivity index (χ1n) is 9.75. The van der Waals surface area contributed by atoms with Gasteiger partial charge in [0.15, 0.2) is 0 Å². The Morgan fingerprint density at radius 2 is 1.84 bits per heavy atom. The lowest BCUT2D eigenvalue weighted by molar-refractivity contribution is -0.113. The van der Waals surface area contributed by atoms with E-state index in [4.69, 9.17) is 4.74 Å². The van der Waals surface area contributed by atoms with Crippen LogP contribution in [0.4, 0.5) is 4.79 Å². The van der Waals surface area contributed by atoms with E-state index in [-0.39, 0.29) is 17.9 Å². The lowest BCUT2D eigenvalue weighted by Gasteiger charge is -2.32. The van der Waals surface area contributed by atoms with Gasteiger partial charge in [-0.15, -0.1) is 0 Å². The maximum atomic E-state index is 12.2. The molecule has 0 aromatic heterocycles. The fraction of sp³-hybridized carbons (Fsp3) is 0.900. The van der Waals surface area contributed by atoms with E-state index >= 15 is 0 Å². The number of amides is 1. The van der Waals surface area contributed by atoms with Crippen molar-refractivity contribution in [3.8, 4) is 0 Å². The van der Waals surface area contributed by atoms with Crippen LogP contribution in [0.1, 0.15) is 79.6 Å². The molecule has 2 N–H and O–H groups in total. The molecule has 0 aromatic rings. The molecule has 5 nitrogen and oxygen atoms in total. The Labute approximate surface area is 152 Å². The standard InChI is InChI=1S/C20H37NO4/c1-14(2)16(13-22)12-18(23)17(11-15-9-7-6-8-10-15)21-19(24)25-20(3,4)5/h13-18,23H,6-12H2,1-5H3,(H,21,24)/t16-,17+,18+/m1/s1. The number of aldehydes is 1. The first-order chi connectivity index (χ1) is 11.6. The van der Waals surface area contributed by atoms with Crippen LogP contribution in [-0.2, 0) is 9.53 Å². The van der Waals surface area contributed by atoms with Crippen molar-refractivity contribution < 1.29 is 19.4 Å². The van der Waals surface area contributed by atoms with Crippen LogP contribution in [0.2, 0.25) is 0 Å². The summed E-state index contributed by atoms with van der Waals surface area (Å²) in [5.41, 5.74) is -0.576. The van der Waals surface area contributed by atoms with Gasteiger partial charge in [0, 0.05) is 5.92 Å². The van der Waals surface area contributed by atoms with Gasteiger partial charge in [0.25, 0.3) is 0 Å². The summed E-state index contributed by atoms with van der Waals surface area (Å²) in [6, 6.07) is -0.376. The van der Waals surface area contributed by atoms with Crippen LogP contribution in [0.25, 0.3) is 0 Å². The van der Waals surface area contributed by atoms with Gasteiger partial charge in [-0.1, -0.05) is 46.0 Å². The zero-order valence-electron chi connectivity index (χ0n) is 16.6. The van der Waals surface area contributed by atoms with Gasteiger partial charge < -0.3 is 20.0 Å². The van der Waals surface area contributed by atoms with Gasteiger partial charge in [0.05, 0.1) is 12.1 Å². The topological polar surface area (TPSA) is 75.6 Å². The molecule has 3 atom stereocenters. The van der Waals surface area contributed by atoms with E-state index in [1.807, 2.05) is 34.6 Å². The zero-order valence-corrected chi connectivity index (χ0v) is 16.6. The molecule has 1 aliphatic carbocycles. The molecule has 0 radical (unpaired) electrons. The van der Waals surface area contributed by atoms with E-state index in [9.17, 15) is 14.7 Å². The van der Waals surface area contributed by atoms with Crippen LogP contribution >= 0.6 is 0 Å². The molecule has 1 aliphatic rings. The number of carbonyl (C=O) groups is 2. The third kappa shape index (κ3) is 8.70. The number of alkyl carbamates (subject to hydrolysis) is 1. The average Bonchev–Trinajstić information content (AvgIpc) is 2.50. The molecule has 0 bridgehead atoms. The number of ether oxygens (including phenoxy) is 1. The third-order valence-corrected chi connectivity index (χ3v) is 5.02. The first kappa shape index (κ1) is 21.9. The van der Waals surface area contributed by atoms with Crippen LogP contribution in [0.5, 0.6) is 0 Å². The molecule has 5 heteroatoms. The fourth-order valence-corrected chi connectivity index (χ4v) is 3.48. The molecule has 0 unspecified atom stereocenters. The highest BCUT2D eigenvalue weighted by Gasteiger charge is 2.30. The zero-order chi connectivity index (χ0) is 19.0. The summed E-state index contributed by atoms with van der Waals surface area (Å²) in [4.78, 5) is 23.5. The number of carbonyl (C=O) groups excluding carboxylic acids is 2. The van der Waals surface area contributed by atoms with Gasteiger partial charge in [0.1, 0.15) is 11.9 Å². The van der Waals surface area contributed by atoms with Crippen molar-refractivity contribution in [3.63, 3.8) is 0 Å². The summed E-state index contributed by atoms with van der Waals surface area (Å²) >= 11 is 0. The van der Waals surface area contributed by atoms with E-state index in [0.29, 0.717) is 12.3 Å². The lowest BCUT2D eigenvalue weighted by Crippen LogP contribution is -2.47. The van der Waals surface area contributed by atoms with Crippen molar-refractivity contribution in [3.05, 3.63) is 0 Å². The van der Waals surface area contributed by atoms with Crippen LogP contribution < -0.4 is 5.32 Å². The molecule has 0 heterocycles. The molecule has 25 heavy (non-hydrogen) atoms. The summed E-state index contributed by atoms with van der Waals surface area (Å²) in [7, 11) is 0. The monoisotopic (exact) mass is 355 g/mol. The van der Waals surface area contributed by atoms with Crippen molar-refractivity contribution in [1.29, 1.82) is 0 Å². The number of hydrogen-bond donors (Lipinski definition) is 2. The van der Waals surface area contributed by atoms with Crippen molar-refractivity contribution >= 4 is 12.4 Å². The minimum Gasteiger partial charge on any atom is -0.444 e. The Morgan fingerprint density at radius 1 is 1.24 bits per heavy atom. The van der Waals surface area contributed by atoms with Crippen molar-refractivity contribution in [2.24, 2.45) is 17.8 Å². The molecule has 146 valence electrons. The largest absolute Gasteiger partial charge is 0.444 e. The maximum absolute atomic E-state index is 12.2. The number of rotatable bonds is 8. The molecule has 1 amide bonds. The van der Waals surface area contributed by atoms with Gasteiger partial charge in [-0.25, -0.2) is 4.79 Å². The van der Waals surface area contributed by atoms with Crippen LogP contribution in [-0.4, -0.2) is 35.2 Å². The summed E-state index contributed by atoms with van der Waals surface area (Å²) in [6.45, 7) is 9.41. The summed E-state index contributed by atoms with van der Waals surface area (Å²) in [5.74, 6) is 0.477. The predicted octanol–water partition coefficient (Wildman–Crippen LogP) is 4.07. The highest BCUT2D eigenvalue weighted by molar-refractivity contribution is 5.68. The lowest BCUT2D eigenvalue weighted by atomic mass is 9.81. The highest BCUT2D eigenvalue weighted by Crippen LogP contribution is 2.29. The summed E-state index contributed by atoms with van der Waals surface area (Å²) in [6.07, 6.45) is 6.75. The van der Waals surface area contributed by atoms with Crippen LogP contribution in [0.3, 0.4) is 0 Å². The van der Waals surface area contributed by atoms with Crippen molar-refractivity contribution in [1.82, 2.24) is 5.32 Å². The fourth-order valence-electron chi connectivity index (χ4n) is 3.48. The average molecular weight is 356 g/mol. The maximum Gasteiger partial charge on any atom is 0.407 e. The number of nitrogens with one attached hydrogen (secondary N) is 1. The second kappa shape index (κ2) is 10.1. The Hall–Kier alpha value is -1.10. The van der Waals surface area contributed by atoms with E-state index in [1.54, 1.807) is 0 Å². The van der Waals surface area contributed by atoms with Gasteiger partial charge in [-0.2, -0.15) is 0 Å². The SMILES string of the molecule is CC(C)[C@@H](C=O)C[C@H](O)[C@H](CC1CCCCC1)NC(=O)OC(C)(C)C. The van der Waals surface area contributed by atoms with Gasteiger partial charge in [-0.05, 0) is 45.4 Å². The second-order valence-electron chi connectivity index (χ2n) is 8.84. The van der Waals surface area contributed by atoms with E-state index < -0.39 is 17.8 Å². The highest BCUT2D eigenvalue weighted by atomic mass is 16.6. The molecule has 1 rings (SSSR count). The van der Waals surface area contributed by atoms with E-state index in [1.165, 1.54) is 19.3 Å². The molecule has 0 aliphatic heterocycles. The Kier molecular flexibility index (Phi) is 8.91. The number of aliphatic hydroxyl groups excluding tert-OH is 1. The molecule has 0 spiro atoms. The second-order valence-corrected chi connectivity index (χ2v) is 8.84. The van der Waals surface area contributed by atoms with Crippen molar-refractivity contribution in [2.45, 2.75) is 97.3 Å². The smallest absolute Gasteiger partial charge is 0.407 e. The van der Waals surface area contributed by atoms with Gasteiger partial charge in [-0.3, -0.25) is 0 Å². The molecular weight excluding hydrogens is 318 g/mol. The van der Waals surface area contributed by atoms with E-state index in [0.717, 1.165) is 25.5 Å².